The van der Waals surface area contributed by atoms with Crippen LogP contribution in [0.15, 0.2) is 18.2 Å². The number of aliphatic hydroxyl groups is 1. The highest BCUT2D eigenvalue weighted by Crippen LogP contribution is 2.24. The molecule has 3 nitrogen and oxygen atoms in total. The summed E-state index contributed by atoms with van der Waals surface area (Å²) < 4.78 is 0. The molecule has 1 aromatic carbocycles. The predicted octanol–water partition coefficient (Wildman–Crippen LogP) is 1.85. The highest BCUT2D eigenvalue weighted by molar-refractivity contribution is 5.56. The summed E-state index contributed by atoms with van der Waals surface area (Å²) in [6.07, 6.45) is 1.11. The molecular formula is C15H24N2O. The second-order valence-corrected chi connectivity index (χ2v) is 5.40. The molecule has 0 aliphatic carbocycles. The van der Waals surface area contributed by atoms with Crippen molar-refractivity contribution in [3.05, 3.63) is 29.3 Å². The van der Waals surface area contributed by atoms with Gasteiger partial charge >= 0.3 is 0 Å². The van der Waals surface area contributed by atoms with Crippen molar-refractivity contribution in [3.8, 4) is 0 Å². The van der Waals surface area contributed by atoms with Crippen LogP contribution in [0.5, 0.6) is 0 Å². The molecule has 0 amide bonds. The Morgan fingerprint density at radius 1 is 1.39 bits per heavy atom. The first-order valence-corrected chi connectivity index (χ1v) is 6.80. The molecule has 18 heavy (non-hydrogen) atoms. The molecule has 1 fully saturated rings. The molecule has 1 saturated heterocycles. The van der Waals surface area contributed by atoms with Gasteiger partial charge in [-0.1, -0.05) is 12.1 Å². The van der Waals surface area contributed by atoms with Gasteiger partial charge in [-0.05, 0) is 44.4 Å². The first-order valence-electron chi connectivity index (χ1n) is 6.80. The van der Waals surface area contributed by atoms with Crippen molar-refractivity contribution in [1.82, 2.24) is 5.32 Å². The van der Waals surface area contributed by atoms with Gasteiger partial charge in [-0.2, -0.15) is 0 Å². The van der Waals surface area contributed by atoms with Gasteiger partial charge in [0.15, 0.2) is 0 Å². The van der Waals surface area contributed by atoms with E-state index in [1.165, 1.54) is 16.8 Å². The maximum absolute atomic E-state index is 9.43. The van der Waals surface area contributed by atoms with Crippen LogP contribution in [0.25, 0.3) is 0 Å². The zero-order chi connectivity index (χ0) is 13.1. The third-order valence-electron chi connectivity index (χ3n) is 3.93. The molecule has 1 aliphatic heterocycles. The van der Waals surface area contributed by atoms with Crippen LogP contribution in [0.1, 0.15) is 24.5 Å². The SMILES string of the molecule is Cc1cccc(N2CCC(C)NC(CO)C2)c1C. The number of hydrogen-bond donors (Lipinski definition) is 2. The van der Waals surface area contributed by atoms with E-state index in [0.29, 0.717) is 6.04 Å². The molecule has 0 aromatic heterocycles. The first kappa shape index (κ1) is 13.4. The Morgan fingerprint density at radius 2 is 2.17 bits per heavy atom. The van der Waals surface area contributed by atoms with Crippen molar-refractivity contribution >= 4 is 5.69 Å². The van der Waals surface area contributed by atoms with E-state index in [9.17, 15) is 5.11 Å². The second kappa shape index (κ2) is 5.72. The minimum Gasteiger partial charge on any atom is -0.395 e. The van der Waals surface area contributed by atoms with Gasteiger partial charge in [0.2, 0.25) is 0 Å². The Kier molecular flexibility index (Phi) is 4.25. The van der Waals surface area contributed by atoms with E-state index >= 15 is 0 Å². The van der Waals surface area contributed by atoms with Crippen LogP contribution in [0.3, 0.4) is 0 Å². The smallest absolute Gasteiger partial charge is 0.0602 e. The molecule has 0 spiro atoms. The van der Waals surface area contributed by atoms with Crippen LogP contribution in [0, 0.1) is 13.8 Å². The summed E-state index contributed by atoms with van der Waals surface area (Å²) in [5, 5.41) is 12.9. The number of hydrogen-bond acceptors (Lipinski definition) is 3. The summed E-state index contributed by atoms with van der Waals surface area (Å²) in [6, 6.07) is 7.10. The van der Waals surface area contributed by atoms with Gasteiger partial charge in [-0.25, -0.2) is 0 Å². The zero-order valence-electron chi connectivity index (χ0n) is 11.6. The molecule has 0 bridgehead atoms. The highest BCUT2D eigenvalue weighted by atomic mass is 16.3. The van der Waals surface area contributed by atoms with Crippen LogP contribution in [-0.2, 0) is 0 Å². The summed E-state index contributed by atoms with van der Waals surface area (Å²) in [4.78, 5) is 2.40. The summed E-state index contributed by atoms with van der Waals surface area (Å²) in [7, 11) is 0. The van der Waals surface area contributed by atoms with Crippen molar-refractivity contribution in [2.24, 2.45) is 0 Å². The van der Waals surface area contributed by atoms with Crippen LogP contribution >= 0.6 is 0 Å². The molecule has 100 valence electrons. The number of anilines is 1. The molecule has 2 N–H and O–H groups in total. The fraction of sp³-hybridized carbons (Fsp3) is 0.600. The summed E-state index contributed by atoms with van der Waals surface area (Å²) in [5.41, 5.74) is 3.99. The lowest BCUT2D eigenvalue weighted by molar-refractivity contribution is 0.240. The Balaban J connectivity index is 2.23. The first-order chi connectivity index (χ1) is 8.61. The molecule has 2 rings (SSSR count). The molecule has 1 heterocycles. The third kappa shape index (κ3) is 2.85. The van der Waals surface area contributed by atoms with Crippen molar-refractivity contribution < 1.29 is 5.11 Å². The van der Waals surface area contributed by atoms with Crippen molar-refractivity contribution in [2.75, 3.05) is 24.6 Å². The van der Waals surface area contributed by atoms with Crippen molar-refractivity contribution in [3.63, 3.8) is 0 Å². The van der Waals surface area contributed by atoms with Gasteiger partial charge < -0.3 is 15.3 Å². The van der Waals surface area contributed by atoms with Gasteiger partial charge in [-0.3, -0.25) is 0 Å². The minimum atomic E-state index is 0.169. The Morgan fingerprint density at radius 3 is 2.89 bits per heavy atom. The molecule has 3 heteroatoms. The predicted molar refractivity (Wildman–Crippen MR) is 76.2 cm³/mol. The average Bonchev–Trinajstić information content (AvgIpc) is 2.54. The maximum Gasteiger partial charge on any atom is 0.0602 e. The van der Waals surface area contributed by atoms with E-state index < -0.39 is 0 Å². The standard InChI is InChI=1S/C15H24N2O/c1-11-5-4-6-15(13(11)3)17-8-7-12(2)16-14(9-17)10-18/h4-6,12,14,16,18H,7-10H2,1-3H3. The number of nitrogens with one attached hydrogen (secondary N) is 1. The Labute approximate surface area is 110 Å². The average molecular weight is 248 g/mol. The number of rotatable bonds is 2. The number of nitrogens with zero attached hydrogens (tertiary/aromatic N) is 1. The normalized spacial score (nSPS) is 25.0. The summed E-state index contributed by atoms with van der Waals surface area (Å²) >= 11 is 0. The monoisotopic (exact) mass is 248 g/mol. The lowest BCUT2D eigenvalue weighted by Crippen LogP contribution is -2.42. The number of aliphatic hydroxyl groups excluding tert-OH is 1. The van der Waals surface area contributed by atoms with Gasteiger partial charge in [0.25, 0.3) is 0 Å². The van der Waals surface area contributed by atoms with Crippen molar-refractivity contribution in [1.29, 1.82) is 0 Å². The molecule has 2 unspecified atom stereocenters. The Hall–Kier alpha value is -1.06. The van der Waals surface area contributed by atoms with Crippen LogP contribution in [0.2, 0.25) is 0 Å². The molecular weight excluding hydrogens is 224 g/mol. The van der Waals surface area contributed by atoms with E-state index in [0.717, 1.165) is 19.5 Å². The highest BCUT2D eigenvalue weighted by Gasteiger charge is 2.21. The summed E-state index contributed by atoms with van der Waals surface area (Å²) in [6.45, 7) is 8.66. The molecule has 1 aliphatic rings. The Bertz CT molecular complexity index is 405. The van der Waals surface area contributed by atoms with Crippen LogP contribution in [0.4, 0.5) is 5.69 Å². The lowest BCUT2D eigenvalue weighted by atomic mass is 10.1. The fourth-order valence-electron chi connectivity index (χ4n) is 2.65. The van der Waals surface area contributed by atoms with E-state index in [1.807, 2.05) is 0 Å². The van der Waals surface area contributed by atoms with E-state index in [4.69, 9.17) is 0 Å². The van der Waals surface area contributed by atoms with E-state index in [-0.39, 0.29) is 12.6 Å². The topological polar surface area (TPSA) is 35.5 Å². The largest absolute Gasteiger partial charge is 0.395 e. The molecule has 0 saturated carbocycles. The third-order valence-corrected chi connectivity index (χ3v) is 3.93. The molecule has 2 atom stereocenters. The van der Waals surface area contributed by atoms with Crippen molar-refractivity contribution in [2.45, 2.75) is 39.3 Å². The number of benzene rings is 1. The second-order valence-electron chi connectivity index (χ2n) is 5.40. The van der Waals surface area contributed by atoms with Gasteiger partial charge in [0.1, 0.15) is 0 Å². The molecule has 0 radical (unpaired) electrons. The lowest BCUT2D eigenvalue weighted by Gasteiger charge is -2.27. The van der Waals surface area contributed by atoms with Crippen LogP contribution in [-0.4, -0.2) is 36.9 Å². The number of aryl methyl sites for hydroxylation is 1. The van der Waals surface area contributed by atoms with Gasteiger partial charge in [0, 0.05) is 30.9 Å². The zero-order valence-corrected chi connectivity index (χ0v) is 11.6. The molecule has 1 aromatic rings. The minimum absolute atomic E-state index is 0.169. The van der Waals surface area contributed by atoms with Gasteiger partial charge in [-0.15, -0.1) is 0 Å². The fourth-order valence-corrected chi connectivity index (χ4v) is 2.65. The van der Waals surface area contributed by atoms with E-state index in [2.05, 4.69) is 49.2 Å². The quantitative estimate of drug-likeness (QED) is 0.838. The maximum atomic E-state index is 9.43. The van der Waals surface area contributed by atoms with Crippen LogP contribution < -0.4 is 10.2 Å². The van der Waals surface area contributed by atoms with E-state index in [1.54, 1.807) is 0 Å². The summed E-state index contributed by atoms with van der Waals surface area (Å²) in [5.74, 6) is 0. The van der Waals surface area contributed by atoms with Gasteiger partial charge in [0.05, 0.1) is 6.61 Å².